The number of hydrogen-bond donors (Lipinski definition) is 0. The first-order valence-electron chi connectivity index (χ1n) is 6.80. The SMILES string of the molecule is CC1=Nc2cc3c(cc2C1C)C(C)C(C(C)C)=N3. The van der Waals surface area contributed by atoms with Gasteiger partial charge in [0.15, 0.2) is 0 Å². The maximum absolute atomic E-state index is 4.81. The molecule has 0 saturated carbocycles. The molecule has 0 spiro atoms. The summed E-state index contributed by atoms with van der Waals surface area (Å²) in [6.45, 7) is 11.1. The Kier molecular flexibility index (Phi) is 2.44. The second kappa shape index (κ2) is 3.78. The van der Waals surface area contributed by atoms with E-state index in [1.807, 2.05) is 0 Å². The average Bonchev–Trinajstić information content (AvgIpc) is 2.77. The lowest BCUT2D eigenvalue weighted by Crippen LogP contribution is -2.11. The van der Waals surface area contributed by atoms with Crippen molar-refractivity contribution in [1.82, 2.24) is 0 Å². The lowest BCUT2D eigenvalue weighted by molar-refractivity contribution is 0.833. The minimum atomic E-state index is 0.457. The molecule has 2 heteroatoms. The van der Waals surface area contributed by atoms with Crippen LogP contribution in [0.25, 0.3) is 0 Å². The zero-order chi connectivity index (χ0) is 13.0. The Morgan fingerprint density at radius 3 is 2.22 bits per heavy atom. The Morgan fingerprint density at radius 2 is 1.56 bits per heavy atom. The molecule has 2 nitrogen and oxygen atoms in total. The predicted octanol–water partition coefficient (Wildman–Crippen LogP) is 4.74. The average molecular weight is 240 g/mol. The minimum Gasteiger partial charge on any atom is -0.257 e. The summed E-state index contributed by atoms with van der Waals surface area (Å²) in [5.74, 6) is 1.43. The molecule has 0 fully saturated rings. The molecule has 2 atom stereocenters. The van der Waals surface area contributed by atoms with E-state index in [9.17, 15) is 0 Å². The van der Waals surface area contributed by atoms with Crippen LogP contribution in [0.2, 0.25) is 0 Å². The zero-order valence-corrected chi connectivity index (χ0v) is 11.8. The van der Waals surface area contributed by atoms with Crippen molar-refractivity contribution < 1.29 is 0 Å². The molecular weight excluding hydrogens is 220 g/mol. The van der Waals surface area contributed by atoms with Gasteiger partial charge in [0, 0.05) is 23.3 Å². The second-order valence-electron chi connectivity index (χ2n) is 5.86. The molecule has 0 aromatic heterocycles. The lowest BCUT2D eigenvalue weighted by atomic mass is 9.88. The van der Waals surface area contributed by atoms with Gasteiger partial charge in [-0.2, -0.15) is 0 Å². The van der Waals surface area contributed by atoms with Crippen molar-refractivity contribution in [2.24, 2.45) is 15.9 Å². The summed E-state index contributed by atoms with van der Waals surface area (Å²) in [5, 5.41) is 0. The first-order valence-corrected chi connectivity index (χ1v) is 6.80. The molecule has 0 radical (unpaired) electrons. The third-order valence-corrected chi connectivity index (χ3v) is 4.32. The van der Waals surface area contributed by atoms with Crippen LogP contribution in [0.3, 0.4) is 0 Å². The van der Waals surface area contributed by atoms with E-state index in [1.165, 1.54) is 22.6 Å². The van der Waals surface area contributed by atoms with Crippen molar-refractivity contribution in [3.63, 3.8) is 0 Å². The van der Waals surface area contributed by atoms with Crippen LogP contribution >= 0.6 is 0 Å². The van der Waals surface area contributed by atoms with Gasteiger partial charge in [-0.05, 0) is 30.0 Å². The van der Waals surface area contributed by atoms with Gasteiger partial charge in [-0.1, -0.05) is 33.8 Å². The zero-order valence-electron chi connectivity index (χ0n) is 11.8. The molecule has 0 bridgehead atoms. The summed E-state index contributed by atoms with van der Waals surface area (Å²) < 4.78 is 0. The van der Waals surface area contributed by atoms with Crippen molar-refractivity contribution >= 4 is 22.8 Å². The van der Waals surface area contributed by atoms with Crippen LogP contribution in [0.4, 0.5) is 11.4 Å². The number of hydrogen-bond acceptors (Lipinski definition) is 2. The standard InChI is InChI=1S/C16H20N2/c1-8(2)16-10(4)13-6-12-9(3)11(5)17-14(12)7-15(13)18-16/h6-10H,1-5H3. The largest absolute Gasteiger partial charge is 0.257 e. The van der Waals surface area contributed by atoms with E-state index in [4.69, 9.17) is 4.99 Å². The summed E-state index contributed by atoms with van der Waals surface area (Å²) in [6.07, 6.45) is 0. The summed E-state index contributed by atoms with van der Waals surface area (Å²) in [5.41, 5.74) is 7.54. The Morgan fingerprint density at radius 1 is 0.944 bits per heavy atom. The summed E-state index contributed by atoms with van der Waals surface area (Å²) in [6, 6.07) is 4.50. The highest BCUT2D eigenvalue weighted by Crippen LogP contribution is 2.45. The quantitative estimate of drug-likeness (QED) is 0.677. The van der Waals surface area contributed by atoms with E-state index in [2.05, 4.69) is 51.7 Å². The summed E-state index contributed by atoms with van der Waals surface area (Å²) >= 11 is 0. The van der Waals surface area contributed by atoms with E-state index in [0.717, 1.165) is 11.4 Å². The van der Waals surface area contributed by atoms with E-state index in [-0.39, 0.29) is 0 Å². The highest BCUT2D eigenvalue weighted by Gasteiger charge is 2.29. The van der Waals surface area contributed by atoms with Crippen molar-refractivity contribution in [3.05, 3.63) is 23.3 Å². The molecule has 94 valence electrons. The Bertz CT molecular complexity index is 579. The number of nitrogens with zero attached hydrogens (tertiary/aromatic N) is 2. The third kappa shape index (κ3) is 1.48. The Hall–Kier alpha value is -1.44. The molecule has 2 unspecified atom stereocenters. The van der Waals surface area contributed by atoms with Gasteiger partial charge in [0.2, 0.25) is 0 Å². The summed E-state index contributed by atoms with van der Waals surface area (Å²) in [4.78, 5) is 9.46. The number of aliphatic imine (C=N–C) groups is 2. The van der Waals surface area contributed by atoms with E-state index in [1.54, 1.807) is 0 Å². The monoisotopic (exact) mass is 240 g/mol. The highest BCUT2D eigenvalue weighted by molar-refractivity contribution is 6.01. The molecular formula is C16H20N2. The maximum Gasteiger partial charge on any atom is 0.0689 e. The van der Waals surface area contributed by atoms with Crippen LogP contribution in [-0.2, 0) is 0 Å². The molecule has 0 aliphatic carbocycles. The van der Waals surface area contributed by atoms with Gasteiger partial charge in [-0.25, -0.2) is 0 Å². The topological polar surface area (TPSA) is 24.7 Å². The van der Waals surface area contributed by atoms with E-state index < -0.39 is 0 Å². The second-order valence-corrected chi connectivity index (χ2v) is 5.86. The fourth-order valence-electron chi connectivity index (χ4n) is 3.04. The molecule has 0 amide bonds. The lowest BCUT2D eigenvalue weighted by Gasteiger charge is -2.13. The van der Waals surface area contributed by atoms with Gasteiger partial charge in [-0.3, -0.25) is 9.98 Å². The van der Waals surface area contributed by atoms with Gasteiger partial charge in [0.05, 0.1) is 11.4 Å². The molecule has 1 aromatic rings. The normalized spacial score (nSPS) is 25.0. The number of fused-ring (bicyclic) bond motifs is 2. The van der Waals surface area contributed by atoms with Crippen LogP contribution in [-0.4, -0.2) is 11.4 Å². The molecule has 0 N–H and O–H groups in total. The molecule has 1 aromatic carbocycles. The van der Waals surface area contributed by atoms with E-state index in [0.29, 0.717) is 17.8 Å². The molecule has 18 heavy (non-hydrogen) atoms. The van der Waals surface area contributed by atoms with Crippen LogP contribution in [0.15, 0.2) is 22.1 Å². The van der Waals surface area contributed by atoms with Gasteiger partial charge >= 0.3 is 0 Å². The third-order valence-electron chi connectivity index (χ3n) is 4.32. The van der Waals surface area contributed by atoms with Gasteiger partial charge in [0.1, 0.15) is 0 Å². The fraction of sp³-hybridized carbons (Fsp3) is 0.500. The smallest absolute Gasteiger partial charge is 0.0689 e. The number of benzene rings is 1. The van der Waals surface area contributed by atoms with Gasteiger partial charge in [0.25, 0.3) is 0 Å². The van der Waals surface area contributed by atoms with Gasteiger partial charge in [-0.15, -0.1) is 0 Å². The van der Waals surface area contributed by atoms with Gasteiger partial charge < -0.3 is 0 Å². The highest BCUT2D eigenvalue weighted by atomic mass is 14.8. The first-order chi connectivity index (χ1) is 8.49. The Labute approximate surface area is 109 Å². The van der Waals surface area contributed by atoms with Crippen LogP contribution < -0.4 is 0 Å². The molecule has 3 rings (SSSR count). The van der Waals surface area contributed by atoms with Crippen LogP contribution in [0, 0.1) is 5.92 Å². The first kappa shape index (κ1) is 11.6. The number of rotatable bonds is 1. The van der Waals surface area contributed by atoms with Crippen LogP contribution in [0.5, 0.6) is 0 Å². The molecule has 2 aliphatic heterocycles. The van der Waals surface area contributed by atoms with E-state index >= 15 is 0 Å². The van der Waals surface area contributed by atoms with Crippen molar-refractivity contribution in [2.45, 2.75) is 46.5 Å². The molecule has 0 saturated heterocycles. The minimum absolute atomic E-state index is 0.457. The maximum atomic E-state index is 4.81. The van der Waals surface area contributed by atoms with Crippen LogP contribution in [0.1, 0.15) is 57.6 Å². The van der Waals surface area contributed by atoms with Crippen molar-refractivity contribution in [1.29, 1.82) is 0 Å². The van der Waals surface area contributed by atoms with Crippen molar-refractivity contribution in [2.75, 3.05) is 0 Å². The van der Waals surface area contributed by atoms with Crippen molar-refractivity contribution in [3.8, 4) is 0 Å². The predicted molar refractivity (Wildman–Crippen MR) is 78.0 cm³/mol. The molecule has 2 heterocycles. The summed E-state index contributed by atoms with van der Waals surface area (Å²) in [7, 11) is 0. The Balaban J connectivity index is 2.12. The fourth-order valence-corrected chi connectivity index (χ4v) is 3.04. The molecule has 2 aliphatic rings.